The minimum Gasteiger partial charge on any atom is -0.384 e. The Morgan fingerprint density at radius 2 is 1.93 bits per heavy atom. The van der Waals surface area contributed by atoms with Crippen molar-refractivity contribution in [1.29, 1.82) is 0 Å². The molecule has 0 spiro atoms. The summed E-state index contributed by atoms with van der Waals surface area (Å²) in [6.45, 7) is 3.35. The average Bonchev–Trinajstić information content (AvgIpc) is 2.68. The molecule has 2 fully saturated rings. The number of para-hydroxylation sites is 1. The van der Waals surface area contributed by atoms with Crippen LogP contribution in [-0.2, 0) is 14.3 Å². The number of hydroxylamine groups is 1. The molecular formula is C20H27N3O4. The maximum atomic E-state index is 13.0. The number of hydrogen-bond donors (Lipinski definition) is 2. The van der Waals surface area contributed by atoms with Crippen molar-refractivity contribution in [3.8, 4) is 0 Å². The molecule has 0 radical (unpaired) electrons. The van der Waals surface area contributed by atoms with E-state index < -0.39 is 5.91 Å². The Morgan fingerprint density at radius 3 is 2.52 bits per heavy atom. The summed E-state index contributed by atoms with van der Waals surface area (Å²) in [5, 5.41) is 8.63. The first-order chi connectivity index (χ1) is 13.1. The average molecular weight is 373 g/mol. The van der Waals surface area contributed by atoms with Gasteiger partial charge in [-0.15, -0.1) is 0 Å². The molecule has 146 valence electrons. The SMILES string of the molecule is COCC1(C(=O)N2CCN(c3ccccc3C=CC(=O)NO)CC2)CCC1. The highest BCUT2D eigenvalue weighted by molar-refractivity contribution is 5.92. The largest absolute Gasteiger partial charge is 0.384 e. The lowest BCUT2D eigenvalue weighted by molar-refractivity contribution is -0.152. The lowest BCUT2D eigenvalue weighted by Gasteiger charge is -2.45. The van der Waals surface area contributed by atoms with Crippen LogP contribution >= 0.6 is 0 Å². The van der Waals surface area contributed by atoms with Crippen molar-refractivity contribution in [3.63, 3.8) is 0 Å². The molecule has 0 aromatic heterocycles. The molecule has 7 nitrogen and oxygen atoms in total. The van der Waals surface area contributed by atoms with Crippen molar-refractivity contribution >= 4 is 23.6 Å². The molecular weight excluding hydrogens is 346 g/mol. The molecule has 1 heterocycles. The van der Waals surface area contributed by atoms with Crippen LogP contribution in [0.3, 0.4) is 0 Å². The van der Waals surface area contributed by atoms with E-state index in [0.717, 1.165) is 43.6 Å². The van der Waals surface area contributed by atoms with Gasteiger partial charge in [-0.25, -0.2) is 5.48 Å². The summed E-state index contributed by atoms with van der Waals surface area (Å²) < 4.78 is 5.31. The monoisotopic (exact) mass is 373 g/mol. The van der Waals surface area contributed by atoms with E-state index in [1.807, 2.05) is 29.2 Å². The predicted octanol–water partition coefficient (Wildman–Crippen LogP) is 1.67. The van der Waals surface area contributed by atoms with Gasteiger partial charge >= 0.3 is 0 Å². The molecule has 1 saturated carbocycles. The summed E-state index contributed by atoms with van der Waals surface area (Å²) in [7, 11) is 1.66. The molecule has 0 unspecified atom stereocenters. The van der Waals surface area contributed by atoms with Crippen molar-refractivity contribution < 1.29 is 19.5 Å². The van der Waals surface area contributed by atoms with Crippen molar-refractivity contribution in [1.82, 2.24) is 10.4 Å². The van der Waals surface area contributed by atoms with Gasteiger partial charge in [0.2, 0.25) is 5.91 Å². The van der Waals surface area contributed by atoms with Crippen molar-refractivity contribution in [2.24, 2.45) is 5.41 Å². The van der Waals surface area contributed by atoms with Crippen LogP contribution in [0.4, 0.5) is 5.69 Å². The Balaban J connectivity index is 1.65. The molecule has 3 rings (SSSR count). The second-order valence-corrected chi connectivity index (χ2v) is 7.21. The standard InChI is InChI=1S/C20H27N3O4/c1-27-15-20(9-4-10-20)19(25)23-13-11-22(12-14-23)17-6-3-2-5-16(17)7-8-18(24)21-26/h2-3,5-8,26H,4,9-15H2,1H3,(H,21,24). The second-order valence-electron chi connectivity index (χ2n) is 7.21. The first kappa shape index (κ1) is 19.4. The minimum atomic E-state index is -0.566. The third-order valence-corrected chi connectivity index (χ3v) is 5.55. The van der Waals surface area contributed by atoms with E-state index in [-0.39, 0.29) is 11.3 Å². The highest BCUT2D eigenvalue weighted by Gasteiger charge is 2.46. The molecule has 1 aromatic carbocycles. The number of methoxy groups -OCH3 is 1. The quantitative estimate of drug-likeness (QED) is 0.450. The fourth-order valence-corrected chi connectivity index (χ4v) is 3.90. The summed E-state index contributed by atoms with van der Waals surface area (Å²) in [6, 6.07) is 7.80. The smallest absolute Gasteiger partial charge is 0.267 e. The van der Waals surface area contributed by atoms with Gasteiger partial charge in [0.15, 0.2) is 0 Å². The highest BCUT2D eigenvalue weighted by Crippen LogP contribution is 2.43. The Morgan fingerprint density at radius 1 is 1.22 bits per heavy atom. The number of benzene rings is 1. The van der Waals surface area contributed by atoms with E-state index in [0.29, 0.717) is 19.7 Å². The number of rotatable bonds is 6. The highest BCUT2D eigenvalue weighted by atomic mass is 16.5. The zero-order valence-electron chi connectivity index (χ0n) is 15.7. The van der Waals surface area contributed by atoms with Gasteiger partial charge in [-0.2, -0.15) is 0 Å². The molecule has 2 amide bonds. The van der Waals surface area contributed by atoms with E-state index in [4.69, 9.17) is 9.94 Å². The van der Waals surface area contributed by atoms with E-state index in [1.54, 1.807) is 18.7 Å². The third-order valence-electron chi connectivity index (χ3n) is 5.55. The third kappa shape index (κ3) is 4.14. The molecule has 1 saturated heterocycles. The summed E-state index contributed by atoms with van der Waals surface area (Å²) in [5.41, 5.74) is 3.20. The van der Waals surface area contributed by atoms with Crippen LogP contribution in [-0.4, -0.2) is 61.8 Å². The Labute approximate surface area is 159 Å². The molecule has 1 aliphatic heterocycles. The fraction of sp³-hybridized carbons (Fsp3) is 0.500. The number of piperazine rings is 1. The fourth-order valence-electron chi connectivity index (χ4n) is 3.90. The van der Waals surface area contributed by atoms with Gasteiger partial charge in [0.1, 0.15) is 0 Å². The zero-order chi connectivity index (χ0) is 19.3. The van der Waals surface area contributed by atoms with Crippen LogP contribution < -0.4 is 10.4 Å². The number of anilines is 1. The number of carbonyl (C=O) groups excluding carboxylic acids is 2. The van der Waals surface area contributed by atoms with Gasteiger partial charge in [0.25, 0.3) is 5.91 Å². The normalized spacial score (nSPS) is 19.0. The molecule has 1 aromatic rings. The van der Waals surface area contributed by atoms with Gasteiger partial charge < -0.3 is 14.5 Å². The number of nitrogens with one attached hydrogen (secondary N) is 1. The van der Waals surface area contributed by atoms with Crippen molar-refractivity contribution in [2.45, 2.75) is 19.3 Å². The first-order valence-electron chi connectivity index (χ1n) is 9.34. The van der Waals surface area contributed by atoms with Gasteiger partial charge in [-0.05, 0) is 30.5 Å². The maximum absolute atomic E-state index is 13.0. The summed E-state index contributed by atoms with van der Waals surface area (Å²) >= 11 is 0. The molecule has 0 bridgehead atoms. The van der Waals surface area contributed by atoms with E-state index in [1.165, 1.54) is 6.08 Å². The topological polar surface area (TPSA) is 82.1 Å². The van der Waals surface area contributed by atoms with E-state index >= 15 is 0 Å². The number of amides is 2. The van der Waals surface area contributed by atoms with Gasteiger partial charge in [0.05, 0.1) is 12.0 Å². The molecule has 0 atom stereocenters. The van der Waals surface area contributed by atoms with Crippen LogP contribution in [0.5, 0.6) is 0 Å². The molecule has 2 N–H and O–H groups in total. The molecule has 1 aliphatic carbocycles. The molecule has 7 heteroatoms. The zero-order valence-corrected chi connectivity index (χ0v) is 15.7. The predicted molar refractivity (Wildman–Crippen MR) is 102 cm³/mol. The summed E-state index contributed by atoms with van der Waals surface area (Å²) in [6.07, 6.45) is 5.90. The van der Waals surface area contributed by atoms with Crippen LogP contribution in [0.2, 0.25) is 0 Å². The first-order valence-corrected chi connectivity index (χ1v) is 9.34. The van der Waals surface area contributed by atoms with E-state index in [2.05, 4.69) is 4.90 Å². The number of hydrogen-bond acceptors (Lipinski definition) is 5. The summed E-state index contributed by atoms with van der Waals surface area (Å²) in [5.74, 6) is -0.341. The molecule has 27 heavy (non-hydrogen) atoms. The number of ether oxygens (including phenoxy) is 1. The Hall–Kier alpha value is -2.38. The van der Waals surface area contributed by atoms with Crippen LogP contribution in [0, 0.1) is 5.41 Å². The van der Waals surface area contributed by atoms with Crippen LogP contribution in [0.1, 0.15) is 24.8 Å². The Kier molecular flexibility index (Phi) is 6.13. The number of nitrogens with zero attached hydrogens (tertiary/aromatic N) is 2. The second kappa shape index (κ2) is 8.54. The minimum absolute atomic E-state index is 0.225. The lowest BCUT2D eigenvalue weighted by Crippen LogP contribution is -2.56. The van der Waals surface area contributed by atoms with Crippen LogP contribution in [0.15, 0.2) is 30.3 Å². The van der Waals surface area contributed by atoms with Gasteiger partial charge in [-0.1, -0.05) is 24.6 Å². The van der Waals surface area contributed by atoms with Gasteiger partial charge in [0, 0.05) is 45.1 Å². The maximum Gasteiger partial charge on any atom is 0.267 e. The van der Waals surface area contributed by atoms with Crippen LogP contribution in [0.25, 0.3) is 6.08 Å². The number of carbonyl (C=O) groups is 2. The van der Waals surface area contributed by atoms with Crippen molar-refractivity contribution in [2.75, 3.05) is 44.8 Å². The molecule has 2 aliphatic rings. The van der Waals surface area contributed by atoms with E-state index in [9.17, 15) is 9.59 Å². The van der Waals surface area contributed by atoms with Gasteiger partial charge in [-0.3, -0.25) is 14.8 Å². The Bertz CT molecular complexity index is 707. The lowest BCUT2D eigenvalue weighted by atomic mass is 9.68. The van der Waals surface area contributed by atoms with Crippen molar-refractivity contribution in [3.05, 3.63) is 35.9 Å². The summed E-state index contributed by atoms with van der Waals surface area (Å²) in [4.78, 5) is 28.4.